The van der Waals surface area contributed by atoms with Gasteiger partial charge in [-0.15, -0.1) is 0 Å². The molecule has 1 saturated carbocycles. The standard InChI is InChI=1S/C26H25F5O3S/c1-2-4-16-7-9-17(10-8-16)19-5-3-6-22-21(19)13-12-20(25(22)28)18-11-14-24(23(27)15-18)34-35(32,33)26(29,30)31/h3,5-6,11-17H,2,4,7-10H2,1H3/t16-,17-. The van der Waals surface area contributed by atoms with Crippen molar-refractivity contribution in [3.63, 3.8) is 0 Å². The van der Waals surface area contributed by atoms with Gasteiger partial charge >= 0.3 is 15.6 Å². The molecule has 0 aromatic heterocycles. The van der Waals surface area contributed by atoms with Crippen LogP contribution < -0.4 is 4.18 Å². The molecule has 1 aliphatic rings. The molecule has 0 atom stereocenters. The van der Waals surface area contributed by atoms with Gasteiger partial charge in [0.25, 0.3) is 0 Å². The van der Waals surface area contributed by atoms with Crippen LogP contribution in [-0.4, -0.2) is 13.9 Å². The van der Waals surface area contributed by atoms with Crippen LogP contribution >= 0.6 is 0 Å². The van der Waals surface area contributed by atoms with Gasteiger partial charge in [0.1, 0.15) is 5.82 Å². The van der Waals surface area contributed by atoms with Crippen molar-refractivity contribution in [2.45, 2.75) is 56.9 Å². The predicted molar refractivity (Wildman–Crippen MR) is 125 cm³/mol. The summed E-state index contributed by atoms with van der Waals surface area (Å²) in [4.78, 5) is 0. The molecular formula is C26H25F5O3S. The Kier molecular flexibility index (Phi) is 7.09. The minimum atomic E-state index is -6.02. The number of hydrogen-bond acceptors (Lipinski definition) is 3. The van der Waals surface area contributed by atoms with E-state index in [1.165, 1.54) is 18.9 Å². The lowest BCUT2D eigenvalue weighted by Gasteiger charge is -2.29. The molecule has 0 radical (unpaired) electrons. The lowest BCUT2D eigenvalue weighted by molar-refractivity contribution is -0.0500. The van der Waals surface area contributed by atoms with Gasteiger partial charge in [0.15, 0.2) is 11.6 Å². The van der Waals surface area contributed by atoms with Crippen molar-refractivity contribution >= 4 is 20.9 Å². The fraction of sp³-hybridized carbons (Fsp3) is 0.385. The molecule has 3 aromatic rings. The largest absolute Gasteiger partial charge is 0.534 e. The third-order valence-corrected chi connectivity index (χ3v) is 7.70. The number of halogens is 5. The first kappa shape index (κ1) is 25.4. The van der Waals surface area contributed by atoms with Crippen molar-refractivity contribution in [3.05, 3.63) is 65.7 Å². The molecule has 3 aromatic carbocycles. The summed E-state index contributed by atoms with van der Waals surface area (Å²) >= 11 is 0. The molecule has 188 valence electrons. The predicted octanol–water partition coefficient (Wildman–Crippen LogP) is 8.09. The number of alkyl halides is 3. The average Bonchev–Trinajstić information content (AvgIpc) is 2.80. The molecule has 0 spiro atoms. The van der Waals surface area contributed by atoms with E-state index in [-0.39, 0.29) is 11.1 Å². The van der Waals surface area contributed by atoms with Crippen LogP contribution in [0, 0.1) is 17.6 Å². The fourth-order valence-electron chi connectivity index (χ4n) is 5.00. The molecule has 0 bridgehead atoms. The Hall–Kier alpha value is -2.68. The van der Waals surface area contributed by atoms with Gasteiger partial charge in [-0.1, -0.05) is 56.2 Å². The summed E-state index contributed by atoms with van der Waals surface area (Å²) in [5.41, 5.74) is -4.53. The molecule has 35 heavy (non-hydrogen) atoms. The summed E-state index contributed by atoms with van der Waals surface area (Å²) in [5, 5.41) is 1.15. The van der Waals surface area contributed by atoms with E-state index in [2.05, 4.69) is 11.1 Å². The maximum absolute atomic E-state index is 15.5. The van der Waals surface area contributed by atoms with Gasteiger partial charge in [-0.25, -0.2) is 8.78 Å². The quantitative estimate of drug-likeness (QED) is 0.190. The number of benzene rings is 3. The summed E-state index contributed by atoms with van der Waals surface area (Å²) in [6, 6.07) is 11.3. The summed E-state index contributed by atoms with van der Waals surface area (Å²) in [7, 11) is -6.02. The number of rotatable bonds is 6. The summed E-state index contributed by atoms with van der Waals surface area (Å²) in [6.07, 6.45) is 6.77. The zero-order chi connectivity index (χ0) is 25.4. The highest BCUT2D eigenvalue weighted by Gasteiger charge is 2.48. The molecule has 0 N–H and O–H groups in total. The topological polar surface area (TPSA) is 43.4 Å². The van der Waals surface area contributed by atoms with Crippen LogP contribution in [0.4, 0.5) is 22.0 Å². The average molecular weight is 513 g/mol. The molecule has 0 amide bonds. The summed E-state index contributed by atoms with van der Waals surface area (Å²) < 4.78 is 93.7. The van der Waals surface area contributed by atoms with Crippen molar-refractivity contribution in [1.82, 2.24) is 0 Å². The first-order chi connectivity index (χ1) is 16.5. The minimum Gasteiger partial charge on any atom is -0.373 e. The van der Waals surface area contributed by atoms with Crippen LogP contribution in [0.15, 0.2) is 48.5 Å². The monoisotopic (exact) mass is 512 g/mol. The van der Waals surface area contributed by atoms with Crippen LogP contribution in [0.5, 0.6) is 5.75 Å². The lowest BCUT2D eigenvalue weighted by atomic mass is 9.76. The third-order valence-electron chi connectivity index (χ3n) is 6.74. The van der Waals surface area contributed by atoms with Gasteiger partial charge in [-0.2, -0.15) is 21.6 Å². The van der Waals surface area contributed by atoms with Crippen molar-refractivity contribution in [1.29, 1.82) is 0 Å². The van der Waals surface area contributed by atoms with Gasteiger partial charge in [0, 0.05) is 10.9 Å². The zero-order valence-electron chi connectivity index (χ0n) is 19.0. The SMILES string of the molecule is CCC[C@H]1CC[C@H](c2cccc3c(F)c(-c4ccc(OS(=O)(=O)C(F)(F)F)c(F)c4)ccc32)CC1. The molecular weight excluding hydrogens is 487 g/mol. The van der Waals surface area contributed by atoms with Gasteiger partial charge in [-0.05, 0) is 66.2 Å². The van der Waals surface area contributed by atoms with E-state index >= 15 is 4.39 Å². The number of fused-ring (bicyclic) bond motifs is 1. The van der Waals surface area contributed by atoms with Crippen LogP contribution in [0.25, 0.3) is 21.9 Å². The Balaban J connectivity index is 1.64. The Bertz CT molecular complexity index is 1330. The van der Waals surface area contributed by atoms with Crippen LogP contribution in [0.2, 0.25) is 0 Å². The van der Waals surface area contributed by atoms with Crippen molar-refractivity contribution < 1.29 is 34.6 Å². The first-order valence-corrected chi connectivity index (χ1v) is 12.9. The second-order valence-electron chi connectivity index (χ2n) is 9.00. The maximum Gasteiger partial charge on any atom is 0.534 e. The molecule has 9 heteroatoms. The molecule has 0 aliphatic heterocycles. The molecule has 4 rings (SSSR count). The lowest BCUT2D eigenvalue weighted by Crippen LogP contribution is -2.28. The van der Waals surface area contributed by atoms with Gasteiger partial charge in [0.05, 0.1) is 0 Å². The second-order valence-corrected chi connectivity index (χ2v) is 10.5. The third kappa shape index (κ3) is 5.15. The zero-order valence-corrected chi connectivity index (χ0v) is 19.9. The molecule has 3 nitrogen and oxygen atoms in total. The van der Waals surface area contributed by atoms with Crippen LogP contribution in [-0.2, 0) is 10.1 Å². The Morgan fingerprint density at radius 3 is 2.29 bits per heavy atom. The van der Waals surface area contributed by atoms with Crippen LogP contribution in [0.3, 0.4) is 0 Å². The normalized spacial score (nSPS) is 19.1. The van der Waals surface area contributed by atoms with E-state index in [1.54, 1.807) is 18.2 Å². The highest BCUT2D eigenvalue weighted by atomic mass is 32.2. The van der Waals surface area contributed by atoms with E-state index in [0.29, 0.717) is 11.3 Å². The Labute approximate surface area is 201 Å². The van der Waals surface area contributed by atoms with E-state index < -0.39 is 33.0 Å². The molecule has 1 fully saturated rings. The summed E-state index contributed by atoms with van der Waals surface area (Å²) in [5.74, 6) is -1.98. The van der Waals surface area contributed by atoms with Crippen molar-refractivity contribution in [2.75, 3.05) is 0 Å². The second kappa shape index (κ2) is 9.76. The molecule has 1 aliphatic carbocycles. The Morgan fingerprint density at radius 2 is 1.66 bits per heavy atom. The van der Waals surface area contributed by atoms with Crippen molar-refractivity contribution in [3.8, 4) is 16.9 Å². The first-order valence-electron chi connectivity index (χ1n) is 11.5. The molecule has 0 heterocycles. The minimum absolute atomic E-state index is 0.0455. The van der Waals surface area contributed by atoms with Crippen LogP contribution in [0.1, 0.15) is 56.9 Å². The van der Waals surface area contributed by atoms with Crippen molar-refractivity contribution in [2.24, 2.45) is 5.92 Å². The van der Waals surface area contributed by atoms with Gasteiger partial charge in [0.2, 0.25) is 0 Å². The fourth-order valence-corrected chi connectivity index (χ4v) is 5.46. The van der Waals surface area contributed by atoms with Gasteiger partial charge in [-0.3, -0.25) is 0 Å². The maximum atomic E-state index is 15.5. The highest BCUT2D eigenvalue weighted by Crippen LogP contribution is 2.41. The summed E-state index contributed by atoms with van der Waals surface area (Å²) in [6.45, 7) is 2.19. The van der Waals surface area contributed by atoms with Gasteiger partial charge < -0.3 is 4.18 Å². The Morgan fingerprint density at radius 1 is 0.943 bits per heavy atom. The van der Waals surface area contributed by atoms with E-state index in [4.69, 9.17) is 0 Å². The number of hydrogen-bond donors (Lipinski definition) is 0. The van der Waals surface area contributed by atoms with E-state index in [0.717, 1.165) is 60.7 Å². The smallest absolute Gasteiger partial charge is 0.373 e. The molecule has 0 saturated heterocycles. The molecule has 0 unspecified atom stereocenters. The van der Waals surface area contributed by atoms with E-state index in [1.807, 2.05) is 6.07 Å². The van der Waals surface area contributed by atoms with E-state index in [9.17, 15) is 26.0 Å². The highest BCUT2D eigenvalue weighted by molar-refractivity contribution is 7.88.